The maximum Gasteiger partial charge on any atom is 0.119 e. The lowest BCUT2D eigenvalue weighted by molar-refractivity contribution is -0.00804. The fourth-order valence-corrected chi connectivity index (χ4v) is 5.37. The molecule has 1 aromatic rings. The molecule has 4 fully saturated rings. The minimum atomic E-state index is 0.607. The molecule has 0 aromatic heterocycles. The van der Waals surface area contributed by atoms with E-state index in [0.717, 1.165) is 30.7 Å². The minimum Gasteiger partial charge on any atom is -0.497 e. The number of fused-ring (bicyclic) bond motifs is 2. The van der Waals surface area contributed by atoms with Gasteiger partial charge in [-0.25, -0.2) is 0 Å². The second kappa shape index (κ2) is 7.03. The van der Waals surface area contributed by atoms with Crippen molar-refractivity contribution < 1.29 is 9.47 Å². The smallest absolute Gasteiger partial charge is 0.119 e. The fourth-order valence-electron chi connectivity index (χ4n) is 5.37. The van der Waals surface area contributed by atoms with Crippen molar-refractivity contribution in [1.29, 1.82) is 0 Å². The quantitative estimate of drug-likeness (QED) is 0.749. The Balaban J connectivity index is 1.59. The Hall–Kier alpha value is -1.10. The van der Waals surface area contributed by atoms with E-state index >= 15 is 0 Å². The van der Waals surface area contributed by atoms with E-state index in [1.807, 2.05) is 0 Å². The summed E-state index contributed by atoms with van der Waals surface area (Å²) in [5, 5.41) is 0. The molecule has 1 aromatic carbocycles. The Labute approximate surface area is 145 Å². The summed E-state index contributed by atoms with van der Waals surface area (Å²) >= 11 is 0. The second-order valence-corrected chi connectivity index (χ2v) is 7.58. The zero-order chi connectivity index (χ0) is 16.5. The van der Waals surface area contributed by atoms with Crippen LogP contribution in [0, 0.1) is 5.92 Å². The number of ether oxygens (including phenoxy) is 2. The Morgan fingerprint density at radius 2 is 1.96 bits per heavy atom. The lowest BCUT2D eigenvalue weighted by Gasteiger charge is -2.51. The molecule has 0 unspecified atom stereocenters. The molecule has 0 aliphatic carbocycles. The molecule has 4 aliphatic rings. The largest absolute Gasteiger partial charge is 0.497 e. The van der Waals surface area contributed by atoms with E-state index in [-0.39, 0.29) is 0 Å². The van der Waals surface area contributed by atoms with E-state index in [9.17, 15) is 0 Å². The molecule has 132 valence electrons. The highest BCUT2D eigenvalue weighted by atomic mass is 16.5. The summed E-state index contributed by atoms with van der Waals surface area (Å²) in [5.74, 6) is 2.48. The lowest BCUT2D eigenvalue weighted by atomic mass is 9.75. The number of likely N-dealkylation sites (tertiary alicyclic amines) is 1. The topological polar surface area (TPSA) is 24.9 Å². The second-order valence-electron chi connectivity index (χ2n) is 7.58. The van der Waals surface area contributed by atoms with Crippen LogP contribution in [0.1, 0.15) is 30.7 Å². The molecular formula is C20H30N2O2. The summed E-state index contributed by atoms with van der Waals surface area (Å²) in [6.45, 7) is 5.79. The predicted octanol–water partition coefficient (Wildman–Crippen LogP) is 2.59. The molecule has 24 heavy (non-hydrogen) atoms. The van der Waals surface area contributed by atoms with Crippen LogP contribution < -0.4 is 4.74 Å². The third-order valence-electron chi connectivity index (χ3n) is 6.41. The van der Waals surface area contributed by atoms with Gasteiger partial charge in [0.15, 0.2) is 0 Å². The standard InChI is InChI=1S/C20H30N2O2/c1-23-12-4-9-22-14-18(16-5-3-6-17(13-16)24-2)20-19(22)15-7-10-21(20)11-8-15/h3,5-6,13,15,18-20H,4,7-12,14H2,1-2H3/t18-,19-,20-/m0/s1. The molecule has 4 heteroatoms. The Bertz CT molecular complexity index is 556. The maximum absolute atomic E-state index is 5.47. The lowest BCUT2D eigenvalue weighted by Crippen LogP contribution is -2.60. The van der Waals surface area contributed by atoms with Crippen molar-refractivity contribution in [3.05, 3.63) is 29.8 Å². The van der Waals surface area contributed by atoms with Gasteiger partial charge in [-0.3, -0.25) is 9.80 Å². The summed E-state index contributed by atoms with van der Waals surface area (Å²) in [4.78, 5) is 5.54. The van der Waals surface area contributed by atoms with Crippen LogP contribution in [0.15, 0.2) is 24.3 Å². The minimum absolute atomic E-state index is 0.607. The molecule has 3 atom stereocenters. The van der Waals surface area contributed by atoms with Gasteiger partial charge < -0.3 is 9.47 Å². The van der Waals surface area contributed by atoms with Crippen LogP contribution in [0.25, 0.3) is 0 Å². The maximum atomic E-state index is 5.47. The molecule has 2 bridgehead atoms. The van der Waals surface area contributed by atoms with E-state index in [0.29, 0.717) is 12.0 Å². The molecular weight excluding hydrogens is 300 g/mol. The van der Waals surface area contributed by atoms with Gasteiger partial charge in [-0.2, -0.15) is 0 Å². The van der Waals surface area contributed by atoms with Crippen LogP contribution in [0.2, 0.25) is 0 Å². The van der Waals surface area contributed by atoms with Crippen molar-refractivity contribution >= 4 is 0 Å². The summed E-state index contributed by atoms with van der Waals surface area (Å²) in [5.41, 5.74) is 1.45. The summed E-state index contributed by atoms with van der Waals surface area (Å²) < 4.78 is 10.8. The van der Waals surface area contributed by atoms with Crippen LogP contribution in [-0.4, -0.2) is 68.9 Å². The first-order valence-electron chi connectivity index (χ1n) is 9.43. The molecule has 0 radical (unpaired) electrons. The van der Waals surface area contributed by atoms with Crippen molar-refractivity contribution in [2.24, 2.45) is 5.92 Å². The molecule has 4 nitrogen and oxygen atoms in total. The number of nitrogens with zero attached hydrogens (tertiary/aromatic N) is 2. The third kappa shape index (κ3) is 2.85. The number of methoxy groups -OCH3 is 2. The van der Waals surface area contributed by atoms with Gasteiger partial charge in [0, 0.05) is 44.8 Å². The summed E-state index contributed by atoms with van der Waals surface area (Å²) in [6.07, 6.45) is 3.90. The third-order valence-corrected chi connectivity index (χ3v) is 6.41. The van der Waals surface area contributed by atoms with Gasteiger partial charge in [0.2, 0.25) is 0 Å². The van der Waals surface area contributed by atoms with Crippen LogP contribution >= 0.6 is 0 Å². The molecule has 5 rings (SSSR count). The summed E-state index contributed by atoms with van der Waals surface area (Å²) in [7, 11) is 3.57. The van der Waals surface area contributed by atoms with Crippen molar-refractivity contribution in [2.75, 3.05) is 47.0 Å². The fraction of sp³-hybridized carbons (Fsp3) is 0.700. The molecule has 0 amide bonds. The van der Waals surface area contributed by atoms with Crippen molar-refractivity contribution in [2.45, 2.75) is 37.3 Å². The Morgan fingerprint density at radius 1 is 1.12 bits per heavy atom. The number of hydrogen-bond acceptors (Lipinski definition) is 4. The van der Waals surface area contributed by atoms with E-state index in [4.69, 9.17) is 9.47 Å². The van der Waals surface area contributed by atoms with Crippen LogP contribution in [0.3, 0.4) is 0 Å². The normalized spacial score (nSPS) is 35.2. The first-order chi connectivity index (χ1) is 11.8. The Kier molecular flexibility index (Phi) is 4.79. The van der Waals surface area contributed by atoms with Gasteiger partial charge in [0.05, 0.1) is 7.11 Å². The molecule has 0 spiro atoms. The number of benzene rings is 1. The first kappa shape index (κ1) is 16.4. The highest BCUT2D eigenvalue weighted by Crippen LogP contribution is 2.46. The van der Waals surface area contributed by atoms with E-state index < -0.39 is 0 Å². The zero-order valence-electron chi connectivity index (χ0n) is 15.0. The molecule has 4 aliphatic heterocycles. The van der Waals surface area contributed by atoms with Gasteiger partial charge in [-0.05, 0) is 56.0 Å². The van der Waals surface area contributed by atoms with Crippen LogP contribution in [-0.2, 0) is 4.74 Å². The predicted molar refractivity (Wildman–Crippen MR) is 95.7 cm³/mol. The average Bonchev–Trinajstić information content (AvgIpc) is 3.05. The molecule has 4 heterocycles. The molecule has 4 saturated heterocycles. The van der Waals surface area contributed by atoms with E-state index in [1.165, 1.54) is 44.6 Å². The monoisotopic (exact) mass is 330 g/mol. The number of hydrogen-bond donors (Lipinski definition) is 0. The number of rotatable bonds is 6. The number of piperidine rings is 3. The molecule has 0 N–H and O–H groups in total. The Morgan fingerprint density at radius 3 is 2.71 bits per heavy atom. The zero-order valence-corrected chi connectivity index (χ0v) is 15.0. The van der Waals surface area contributed by atoms with Crippen LogP contribution in [0.4, 0.5) is 0 Å². The summed E-state index contributed by atoms with van der Waals surface area (Å²) in [6, 6.07) is 10.2. The average molecular weight is 330 g/mol. The highest BCUT2D eigenvalue weighted by Gasteiger charge is 2.52. The van der Waals surface area contributed by atoms with Gasteiger partial charge in [0.1, 0.15) is 5.75 Å². The van der Waals surface area contributed by atoms with Gasteiger partial charge in [0.25, 0.3) is 0 Å². The molecule has 0 saturated carbocycles. The first-order valence-corrected chi connectivity index (χ1v) is 9.43. The van der Waals surface area contributed by atoms with Gasteiger partial charge in [-0.15, -0.1) is 0 Å². The van der Waals surface area contributed by atoms with Gasteiger partial charge >= 0.3 is 0 Å². The SMILES string of the molecule is COCCCN1C[C@@H](c2cccc(OC)c2)[C@H]2[C@@H]1C1CCN2CC1. The van der Waals surface area contributed by atoms with E-state index in [2.05, 4.69) is 34.1 Å². The van der Waals surface area contributed by atoms with Crippen molar-refractivity contribution in [3.8, 4) is 5.75 Å². The van der Waals surface area contributed by atoms with Gasteiger partial charge in [-0.1, -0.05) is 12.1 Å². The van der Waals surface area contributed by atoms with Crippen molar-refractivity contribution in [3.63, 3.8) is 0 Å². The highest BCUT2D eigenvalue weighted by molar-refractivity contribution is 5.34. The van der Waals surface area contributed by atoms with E-state index in [1.54, 1.807) is 14.2 Å². The van der Waals surface area contributed by atoms with Crippen LogP contribution in [0.5, 0.6) is 5.75 Å². The van der Waals surface area contributed by atoms with Crippen molar-refractivity contribution in [1.82, 2.24) is 9.80 Å².